The minimum Gasteiger partial charge on any atom is -0.348 e. The van der Waals surface area contributed by atoms with Crippen LogP contribution in [0.4, 0.5) is 0 Å². The van der Waals surface area contributed by atoms with Gasteiger partial charge in [0.05, 0.1) is 0 Å². The molecular weight excluding hydrogens is 186 g/mol. The highest BCUT2D eigenvalue weighted by atomic mass is 16.1. The Bertz CT molecular complexity index is 337. The summed E-state index contributed by atoms with van der Waals surface area (Å²) in [4.78, 5) is 10.8. The third-order valence-corrected chi connectivity index (χ3v) is 2.90. The summed E-state index contributed by atoms with van der Waals surface area (Å²) in [5.74, 6) is 0.756. The summed E-state index contributed by atoms with van der Waals surface area (Å²) in [6, 6.07) is 1.97. The molecule has 0 N–H and O–H groups in total. The van der Waals surface area contributed by atoms with E-state index in [-0.39, 0.29) is 0 Å². The lowest BCUT2D eigenvalue weighted by molar-refractivity contribution is 0.112. The largest absolute Gasteiger partial charge is 0.348 e. The average Bonchev–Trinajstić information content (AvgIpc) is 2.44. The van der Waals surface area contributed by atoms with E-state index in [1.807, 2.05) is 13.0 Å². The second-order valence-electron chi connectivity index (χ2n) is 4.63. The van der Waals surface area contributed by atoms with E-state index in [9.17, 15) is 4.79 Å². The first-order valence-corrected chi connectivity index (χ1v) is 5.68. The van der Waals surface area contributed by atoms with E-state index in [0.29, 0.717) is 0 Å². The zero-order chi connectivity index (χ0) is 11.4. The van der Waals surface area contributed by atoms with Crippen molar-refractivity contribution in [2.75, 3.05) is 0 Å². The molecule has 0 saturated carbocycles. The van der Waals surface area contributed by atoms with Crippen LogP contribution in [-0.4, -0.2) is 10.9 Å². The number of hydrogen-bond donors (Lipinski definition) is 0. The molecule has 0 fully saturated rings. The van der Waals surface area contributed by atoms with Gasteiger partial charge in [0.2, 0.25) is 0 Å². The van der Waals surface area contributed by atoms with Gasteiger partial charge in [-0.05, 0) is 38.7 Å². The minimum atomic E-state index is 0.756. The van der Waals surface area contributed by atoms with Crippen molar-refractivity contribution in [1.82, 2.24) is 4.57 Å². The maximum Gasteiger partial charge on any atom is 0.151 e. The number of aryl methyl sites for hydroxylation is 1. The van der Waals surface area contributed by atoms with Crippen molar-refractivity contribution in [3.05, 3.63) is 23.0 Å². The number of carbonyl (C=O) groups excluding carboxylic acids is 1. The van der Waals surface area contributed by atoms with Crippen molar-refractivity contribution < 1.29 is 4.79 Å². The predicted molar refractivity (Wildman–Crippen MR) is 63.4 cm³/mol. The summed E-state index contributed by atoms with van der Waals surface area (Å²) in [6.45, 7) is 9.60. The SMILES string of the molecule is Cc1cc(C=O)c(C)n1CCCC(C)C. The number of aromatic nitrogens is 1. The molecule has 0 radical (unpaired) electrons. The van der Waals surface area contributed by atoms with Gasteiger partial charge in [-0.25, -0.2) is 0 Å². The summed E-state index contributed by atoms with van der Waals surface area (Å²) in [5, 5.41) is 0. The number of hydrogen-bond acceptors (Lipinski definition) is 1. The first kappa shape index (κ1) is 12.0. The molecule has 1 heterocycles. The highest BCUT2D eigenvalue weighted by Crippen LogP contribution is 2.15. The monoisotopic (exact) mass is 207 g/mol. The molecule has 0 aromatic carbocycles. The zero-order valence-electron chi connectivity index (χ0n) is 10.2. The molecule has 0 aliphatic rings. The second-order valence-corrected chi connectivity index (χ2v) is 4.63. The number of aldehydes is 1. The van der Waals surface area contributed by atoms with Gasteiger partial charge in [0.25, 0.3) is 0 Å². The lowest BCUT2D eigenvalue weighted by Gasteiger charge is -2.10. The van der Waals surface area contributed by atoms with Crippen molar-refractivity contribution in [2.45, 2.75) is 47.1 Å². The fraction of sp³-hybridized carbons (Fsp3) is 0.615. The molecule has 15 heavy (non-hydrogen) atoms. The highest BCUT2D eigenvalue weighted by molar-refractivity contribution is 5.77. The van der Waals surface area contributed by atoms with Gasteiger partial charge in [-0.15, -0.1) is 0 Å². The summed E-state index contributed by atoms with van der Waals surface area (Å²) in [7, 11) is 0. The van der Waals surface area contributed by atoms with E-state index in [2.05, 4.69) is 25.3 Å². The second kappa shape index (κ2) is 5.15. The highest BCUT2D eigenvalue weighted by Gasteiger charge is 2.07. The van der Waals surface area contributed by atoms with Gasteiger partial charge >= 0.3 is 0 Å². The van der Waals surface area contributed by atoms with Gasteiger partial charge in [-0.2, -0.15) is 0 Å². The molecule has 0 unspecified atom stereocenters. The Morgan fingerprint density at radius 3 is 2.53 bits per heavy atom. The number of nitrogens with zero attached hydrogens (tertiary/aromatic N) is 1. The Morgan fingerprint density at radius 1 is 1.40 bits per heavy atom. The van der Waals surface area contributed by atoms with Crippen LogP contribution in [0.25, 0.3) is 0 Å². The van der Waals surface area contributed by atoms with E-state index in [0.717, 1.165) is 30.0 Å². The van der Waals surface area contributed by atoms with E-state index in [1.54, 1.807) is 0 Å². The molecular formula is C13H21NO. The molecule has 1 aromatic heterocycles. The van der Waals surface area contributed by atoms with Crippen LogP contribution in [0.3, 0.4) is 0 Å². The number of rotatable bonds is 5. The quantitative estimate of drug-likeness (QED) is 0.679. The Hall–Kier alpha value is -1.05. The van der Waals surface area contributed by atoms with Crippen molar-refractivity contribution in [3.8, 4) is 0 Å². The van der Waals surface area contributed by atoms with Gasteiger partial charge in [0.15, 0.2) is 6.29 Å². The lowest BCUT2D eigenvalue weighted by atomic mass is 10.1. The fourth-order valence-electron chi connectivity index (χ4n) is 1.95. The van der Waals surface area contributed by atoms with Crippen LogP contribution in [0.5, 0.6) is 0 Å². The summed E-state index contributed by atoms with van der Waals surface area (Å²) < 4.78 is 2.24. The van der Waals surface area contributed by atoms with Crippen LogP contribution in [-0.2, 0) is 6.54 Å². The predicted octanol–water partition coefficient (Wildman–Crippen LogP) is 3.35. The van der Waals surface area contributed by atoms with Gasteiger partial charge in [-0.1, -0.05) is 13.8 Å². The first-order valence-electron chi connectivity index (χ1n) is 5.68. The lowest BCUT2D eigenvalue weighted by Crippen LogP contribution is -2.04. The Kier molecular flexibility index (Phi) is 4.13. The minimum absolute atomic E-state index is 0.756. The third kappa shape index (κ3) is 2.95. The van der Waals surface area contributed by atoms with Gasteiger partial charge in [0.1, 0.15) is 0 Å². The Labute approximate surface area is 92.3 Å². The van der Waals surface area contributed by atoms with Gasteiger partial charge < -0.3 is 4.57 Å². The molecule has 2 heteroatoms. The molecule has 0 bridgehead atoms. The topological polar surface area (TPSA) is 22.0 Å². The van der Waals surface area contributed by atoms with E-state index >= 15 is 0 Å². The summed E-state index contributed by atoms with van der Waals surface area (Å²) in [6.07, 6.45) is 3.38. The molecule has 84 valence electrons. The van der Waals surface area contributed by atoms with Crippen molar-refractivity contribution in [2.24, 2.45) is 5.92 Å². The van der Waals surface area contributed by atoms with Gasteiger partial charge in [-0.3, -0.25) is 4.79 Å². The van der Waals surface area contributed by atoms with Crippen molar-refractivity contribution >= 4 is 6.29 Å². The molecule has 1 aromatic rings. The molecule has 0 aliphatic carbocycles. The Morgan fingerprint density at radius 2 is 2.07 bits per heavy atom. The van der Waals surface area contributed by atoms with Crippen LogP contribution >= 0.6 is 0 Å². The summed E-state index contributed by atoms with van der Waals surface area (Å²) in [5.41, 5.74) is 3.13. The normalized spacial score (nSPS) is 11.0. The molecule has 0 saturated heterocycles. The van der Waals surface area contributed by atoms with E-state index in [4.69, 9.17) is 0 Å². The fourth-order valence-corrected chi connectivity index (χ4v) is 1.95. The van der Waals surface area contributed by atoms with Crippen LogP contribution in [0.2, 0.25) is 0 Å². The summed E-state index contributed by atoms with van der Waals surface area (Å²) >= 11 is 0. The molecule has 2 nitrogen and oxygen atoms in total. The average molecular weight is 207 g/mol. The molecule has 0 spiro atoms. The standard InChI is InChI=1S/C13H21NO/c1-10(2)6-5-7-14-11(3)8-13(9-15)12(14)4/h8-10H,5-7H2,1-4H3. The molecule has 0 atom stereocenters. The van der Waals surface area contributed by atoms with Gasteiger partial charge in [0, 0.05) is 23.5 Å². The molecule has 0 amide bonds. The zero-order valence-corrected chi connectivity index (χ0v) is 10.2. The maximum absolute atomic E-state index is 10.8. The molecule has 1 rings (SSSR count). The van der Waals surface area contributed by atoms with Crippen LogP contribution in [0, 0.1) is 19.8 Å². The van der Waals surface area contributed by atoms with Crippen LogP contribution in [0.1, 0.15) is 48.4 Å². The number of carbonyl (C=O) groups is 1. The maximum atomic E-state index is 10.8. The third-order valence-electron chi connectivity index (χ3n) is 2.90. The van der Waals surface area contributed by atoms with Crippen molar-refractivity contribution in [1.29, 1.82) is 0 Å². The smallest absolute Gasteiger partial charge is 0.151 e. The molecule has 0 aliphatic heterocycles. The van der Waals surface area contributed by atoms with E-state index in [1.165, 1.54) is 18.5 Å². The van der Waals surface area contributed by atoms with Crippen LogP contribution in [0.15, 0.2) is 6.07 Å². The first-order chi connectivity index (χ1) is 7.06. The van der Waals surface area contributed by atoms with E-state index < -0.39 is 0 Å². The van der Waals surface area contributed by atoms with Crippen molar-refractivity contribution in [3.63, 3.8) is 0 Å². The van der Waals surface area contributed by atoms with Crippen LogP contribution < -0.4 is 0 Å². The Balaban J connectivity index is 2.68.